The standard InChI is InChI=1S/C12H22N2O3S/c1-5-10(6-2)13-9-11-7-8-12(17-11)18(15,16)14(3)4/h7-8,10,13H,5-6,9H2,1-4H3. The average Bonchev–Trinajstić information content (AvgIpc) is 2.79. The van der Waals surface area contributed by atoms with Crippen molar-refractivity contribution in [1.82, 2.24) is 9.62 Å². The minimum Gasteiger partial charge on any atom is -0.447 e. The third-order valence-electron chi connectivity index (χ3n) is 2.92. The summed E-state index contributed by atoms with van der Waals surface area (Å²) in [6.45, 7) is 4.78. The van der Waals surface area contributed by atoms with Crippen molar-refractivity contribution >= 4 is 10.0 Å². The average molecular weight is 274 g/mol. The summed E-state index contributed by atoms with van der Waals surface area (Å²) < 4.78 is 30.1. The minimum absolute atomic E-state index is 0.00570. The van der Waals surface area contributed by atoms with E-state index in [2.05, 4.69) is 19.2 Å². The molecule has 0 atom stereocenters. The van der Waals surface area contributed by atoms with Crippen LogP contribution in [-0.4, -0.2) is 32.9 Å². The molecule has 0 fully saturated rings. The maximum absolute atomic E-state index is 11.8. The van der Waals surface area contributed by atoms with Crippen molar-refractivity contribution in [1.29, 1.82) is 0 Å². The summed E-state index contributed by atoms with van der Waals surface area (Å²) in [5.74, 6) is 0.641. The van der Waals surface area contributed by atoms with Gasteiger partial charge < -0.3 is 9.73 Å². The predicted molar refractivity (Wildman–Crippen MR) is 70.8 cm³/mol. The lowest BCUT2D eigenvalue weighted by Crippen LogP contribution is -2.26. The molecule has 0 aliphatic heterocycles. The molecule has 0 bridgehead atoms. The first-order valence-electron chi connectivity index (χ1n) is 6.16. The molecular formula is C12H22N2O3S. The molecule has 0 radical (unpaired) electrons. The topological polar surface area (TPSA) is 62.6 Å². The number of nitrogens with zero attached hydrogens (tertiary/aromatic N) is 1. The third kappa shape index (κ3) is 3.57. The summed E-state index contributed by atoms with van der Waals surface area (Å²) in [5, 5.41) is 3.32. The molecule has 0 saturated heterocycles. The Morgan fingerprint density at radius 1 is 1.28 bits per heavy atom. The maximum Gasteiger partial charge on any atom is 0.275 e. The molecule has 5 nitrogen and oxygen atoms in total. The van der Waals surface area contributed by atoms with E-state index < -0.39 is 10.0 Å². The molecule has 104 valence electrons. The smallest absolute Gasteiger partial charge is 0.275 e. The lowest BCUT2D eigenvalue weighted by molar-refractivity contribution is 0.374. The molecule has 0 spiro atoms. The first-order chi connectivity index (χ1) is 8.41. The molecule has 18 heavy (non-hydrogen) atoms. The van der Waals surface area contributed by atoms with Crippen molar-refractivity contribution in [2.24, 2.45) is 0 Å². The summed E-state index contributed by atoms with van der Waals surface area (Å²) in [7, 11) is -0.495. The van der Waals surface area contributed by atoms with E-state index >= 15 is 0 Å². The molecule has 1 aromatic rings. The Morgan fingerprint density at radius 3 is 2.39 bits per heavy atom. The van der Waals surface area contributed by atoms with Gasteiger partial charge in [0.15, 0.2) is 0 Å². The van der Waals surface area contributed by atoms with E-state index in [1.165, 1.54) is 20.2 Å². The van der Waals surface area contributed by atoms with Gasteiger partial charge in [-0.15, -0.1) is 0 Å². The van der Waals surface area contributed by atoms with Crippen LogP contribution >= 0.6 is 0 Å². The number of hydrogen-bond acceptors (Lipinski definition) is 4. The molecule has 0 aliphatic carbocycles. The Labute approximate surface area is 109 Å². The number of hydrogen-bond donors (Lipinski definition) is 1. The first kappa shape index (κ1) is 15.2. The Morgan fingerprint density at radius 2 is 1.89 bits per heavy atom. The highest BCUT2D eigenvalue weighted by Crippen LogP contribution is 2.16. The van der Waals surface area contributed by atoms with Crippen LogP contribution in [0.3, 0.4) is 0 Å². The van der Waals surface area contributed by atoms with E-state index in [1.807, 2.05) is 0 Å². The van der Waals surface area contributed by atoms with Crippen molar-refractivity contribution in [3.05, 3.63) is 17.9 Å². The van der Waals surface area contributed by atoms with Gasteiger partial charge in [0.2, 0.25) is 5.09 Å². The molecule has 1 heterocycles. The van der Waals surface area contributed by atoms with Gasteiger partial charge in [0.05, 0.1) is 6.54 Å². The predicted octanol–water partition coefficient (Wildman–Crippen LogP) is 1.81. The Bertz CT molecular complexity index is 461. The molecule has 6 heteroatoms. The number of furan rings is 1. The molecule has 1 N–H and O–H groups in total. The van der Waals surface area contributed by atoms with Crippen LogP contribution in [0.25, 0.3) is 0 Å². The van der Waals surface area contributed by atoms with Crippen LogP contribution in [-0.2, 0) is 16.6 Å². The highest BCUT2D eigenvalue weighted by Gasteiger charge is 2.21. The lowest BCUT2D eigenvalue weighted by Gasteiger charge is -2.13. The van der Waals surface area contributed by atoms with Gasteiger partial charge in [0.1, 0.15) is 5.76 Å². The van der Waals surface area contributed by atoms with Gasteiger partial charge in [-0.1, -0.05) is 13.8 Å². The molecule has 0 unspecified atom stereocenters. The fourth-order valence-corrected chi connectivity index (χ4v) is 2.41. The van der Waals surface area contributed by atoms with E-state index in [4.69, 9.17) is 4.42 Å². The highest BCUT2D eigenvalue weighted by atomic mass is 32.2. The molecule has 0 amide bonds. The second-order valence-electron chi connectivity index (χ2n) is 4.40. The maximum atomic E-state index is 11.8. The summed E-state index contributed by atoms with van der Waals surface area (Å²) >= 11 is 0. The second kappa shape index (κ2) is 6.36. The van der Waals surface area contributed by atoms with Crippen LogP contribution < -0.4 is 5.32 Å². The molecule has 0 aromatic carbocycles. The van der Waals surface area contributed by atoms with Gasteiger partial charge >= 0.3 is 0 Å². The SMILES string of the molecule is CCC(CC)NCc1ccc(S(=O)(=O)N(C)C)o1. The summed E-state index contributed by atoms with van der Waals surface area (Å²) in [6, 6.07) is 3.63. The normalized spacial score (nSPS) is 12.6. The van der Waals surface area contributed by atoms with Crippen LogP contribution in [0.4, 0.5) is 0 Å². The number of sulfonamides is 1. The van der Waals surface area contributed by atoms with Crippen LogP contribution in [0.5, 0.6) is 0 Å². The van der Waals surface area contributed by atoms with Crippen molar-refractivity contribution in [3.63, 3.8) is 0 Å². The molecule has 1 aromatic heterocycles. The van der Waals surface area contributed by atoms with Gasteiger partial charge in [0, 0.05) is 20.1 Å². The van der Waals surface area contributed by atoms with Gasteiger partial charge in [-0.05, 0) is 25.0 Å². The van der Waals surface area contributed by atoms with E-state index in [0.717, 1.165) is 17.1 Å². The largest absolute Gasteiger partial charge is 0.447 e. The van der Waals surface area contributed by atoms with Gasteiger partial charge in [0.25, 0.3) is 10.0 Å². The fourth-order valence-electron chi connectivity index (χ4n) is 1.59. The van der Waals surface area contributed by atoms with Crippen molar-refractivity contribution < 1.29 is 12.8 Å². The van der Waals surface area contributed by atoms with Crippen molar-refractivity contribution in [2.75, 3.05) is 14.1 Å². The third-order valence-corrected chi connectivity index (χ3v) is 4.61. The highest BCUT2D eigenvalue weighted by molar-refractivity contribution is 7.88. The van der Waals surface area contributed by atoms with Crippen LogP contribution in [0.15, 0.2) is 21.6 Å². The van der Waals surface area contributed by atoms with Crippen molar-refractivity contribution in [2.45, 2.75) is 44.4 Å². The van der Waals surface area contributed by atoms with E-state index in [9.17, 15) is 8.42 Å². The van der Waals surface area contributed by atoms with Crippen LogP contribution in [0, 0.1) is 0 Å². The first-order valence-corrected chi connectivity index (χ1v) is 7.60. The lowest BCUT2D eigenvalue weighted by atomic mass is 10.2. The number of nitrogens with one attached hydrogen (secondary N) is 1. The molecular weight excluding hydrogens is 252 g/mol. The van der Waals surface area contributed by atoms with Crippen molar-refractivity contribution in [3.8, 4) is 0 Å². The zero-order chi connectivity index (χ0) is 13.8. The van der Waals surface area contributed by atoms with E-state index in [1.54, 1.807) is 6.07 Å². The van der Waals surface area contributed by atoms with Gasteiger partial charge in [-0.25, -0.2) is 12.7 Å². The fraction of sp³-hybridized carbons (Fsp3) is 0.667. The molecule has 1 rings (SSSR count). The van der Waals surface area contributed by atoms with Gasteiger partial charge in [-0.2, -0.15) is 0 Å². The summed E-state index contributed by atoms with van der Waals surface area (Å²) in [5.41, 5.74) is 0. The quantitative estimate of drug-likeness (QED) is 0.823. The second-order valence-corrected chi connectivity index (χ2v) is 6.49. The zero-order valence-corrected chi connectivity index (χ0v) is 12.3. The summed E-state index contributed by atoms with van der Waals surface area (Å²) in [4.78, 5) is 0. The molecule has 0 saturated carbocycles. The minimum atomic E-state index is -3.47. The van der Waals surface area contributed by atoms with E-state index in [-0.39, 0.29) is 5.09 Å². The Balaban J connectivity index is 2.70. The Hall–Kier alpha value is -0.850. The zero-order valence-electron chi connectivity index (χ0n) is 11.4. The summed E-state index contributed by atoms with van der Waals surface area (Å²) in [6.07, 6.45) is 2.08. The Kier molecular flexibility index (Phi) is 5.37. The molecule has 0 aliphatic rings. The van der Waals surface area contributed by atoms with Crippen LogP contribution in [0.2, 0.25) is 0 Å². The van der Waals surface area contributed by atoms with Crippen LogP contribution in [0.1, 0.15) is 32.4 Å². The van der Waals surface area contributed by atoms with Gasteiger partial charge in [-0.3, -0.25) is 0 Å². The monoisotopic (exact) mass is 274 g/mol. The number of rotatable bonds is 7. The van der Waals surface area contributed by atoms with E-state index in [0.29, 0.717) is 18.3 Å².